The van der Waals surface area contributed by atoms with E-state index in [2.05, 4.69) is 13.8 Å². The first kappa shape index (κ1) is 15.8. The summed E-state index contributed by atoms with van der Waals surface area (Å²) in [5.41, 5.74) is 7.41. The summed E-state index contributed by atoms with van der Waals surface area (Å²) in [6.45, 7) is 5.13. The first-order chi connectivity index (χ1) is 10.0. The highest BCUT2D eigenvalue weighted by Crippen LogP contribution is 2.32. The normalized spacial score (nSPS) is 22.7. The number of benzene rings is 1. The fourth-order valence-corrected chi connectivity index (χ4v) is 2.87. The highest BCUT2D eigenvalue weighted by molar-refractivity contribution is 5.78. The predicted octanol–water partition coefficient (Wildman–Crippen LogP) is 2.73. The molecule has 1 aliphatic heterocycles. The molecule has 0 aliphatic carbocycles. The van der Waals surface area contributed by atoms with Crippen molar-refractivity contribution < 1.29 is 9.53 Å². The lowest BCUT2D eigenvalue weighted by molar-refractivity contribution is -0.137. The zero-order chi connectivity index (χ0) is 15.4. The van der Waals surface area contributed by atoms with Crippen LogP contribution in [0.3, 0.4) is 0 Å². The van der Waals surface area contributed by atoms with Gasteiger partial charge in [-0.25, -0.2) is 0 Å². The van der Waals surface area contributed by atoms with Gasteiger partial charge in [0.15, 0.2) is 0 Å². The van der Waals surface area contributed by atoms with Crippen molar-refractivity contribution >= 4 is 5.91 Å². The molecule has 1 aromatic rings. The number of nitrogens with two attached hydrogens (primary N) is 1. The van der Waals surface area contributed by atoms with Crippen LogP contribution in [0.25, 0.3) is 0 Å². The molecular formula is C17H26N2O2. The molecule has 0 aromatic heterocycles. The second kappa shape index (κ2) is 6.94. The van der Waals surface area contributed by atoms with Crippen molar-refractivity contribution in [1.29, 1.82) is 0 Å². The van der Waals surface area contributed by atoms with E-state index in [1.807, 2.05) is 29.2 Å². The number of carbonyl (C=O) groups excluding carboxylic acids is 1. The number of hydrogen-bond acceptors (Lipinski definition) is 3. The Balaban J connectivity index is 2.22. The van der Waals surface area contributed by atoms with Crippen LogP contribution in [0.4, 0.5) is 0 Å². The van der Waals surface area contributed by atoms with Crippen molar-refractivity contribution in [3.05, 3.63) is 29.8 Å². The Bertz CT molecular complexity index is 470. The van der Waals surface area contributed by atoms with Crippen LogP contribution in [-0.2, 0) is 4.79 Å². The molecule has 0 radical (unpaired) electrons. The third kappa shape index (κ3) is 3.76. The molecule has 1 heterocycles. The van der Waals surface area contributed by atoms with Crippen LogP contribution in [-0.4, -0.2) is 30.5 Å². The highest BCUT2D eigenvalue weighted by Gasteiger charge is 2.34. The molecule has 116 valence electrons. The third-order valence-corrected chi connectivity index (χ3v) is 4.16. The number of ether oxygens (including phenoxy) is 1. The number of hydrogen-bond donors (Lipinski definition) is 1. The van der Waals surface area contributed by atoms with Gasteiger partial charge in [-0.15, -0.1) is 0 Å². The monoisotopic (exact) mass is 290 g/mol. The minimum absolute atomic E-state index is 0.00302. The first-order valence-electron chi connectivity index (χ1n) is 7.72. The quantitative estimate of drug-likeness (QED) is 0.907. The predicted molar refractivity (Wildman–Crippen MR) is 84.1 cm³/mol. The number of amides is 1. The van der Waals surface area contributed by atoms with E-state index in [1.165, 1.54) is 0 Å². The Morgan fingerprint density at radius 2 is 2.00 bits per heavy atom. The smallest absolute Gasteiger partial charge is 0.223 e. The van der Waals surface area contributed by atoms with Crippen molar-refractivity contribution in [2.45, 2.75) is 45.2 Å². The number of piperidine rings is 1. The first-order valence-corrected chi connectivity index (χ1v) is 7.72. The summed E-state index contributed by atoms with van der Waals surface area (Å²) in [5, 5.41) is 0. The van der Waals surface area contributed by atoms with Crippen LogP contribution in [0.2, 0.25) is 0 Å². The largest absolute Gasteiger partial charge is 0.497 e. The molecule has 1 aliphatic rings. The van der Waals surface area contributed by atoms with Crippen LogP contribution in [0, 0.1) is 5.92 Å². The lowest BCUT2D eigenvalue weighted by atomic mass is 9.90. The van der Waals surface area contributed by atoms with E-state index in [4.69, 9.17) is 10.5 Å². The zero-order valence-electron chi connectivity index (χ0n) is 13.2. The van der Waals surface area contributed by atoms with Crippen LogP contribution < -0.4 is 10.5 Å². The summed E-state index contributed by atoms with van der Waals surface area (Å²) in [5.74, 6) is 1.62. The van der Waals surface area contributed by atoms with Crippen molar-refractivity contribution in [3.63, 3.8) is 0 Å². The molecule has 1 amide bonds. The average molecular weight is 290 g/mol. The van der Waals surface area contributed by atoms with E-state index in [1.54, 1.807) is 7.11 Å². The highest BCUT2D eigenvalue weighted by atomic mass is 16.5. The number of rotatable bonds is 5. The third-order valence-electron chi connectivity index (χ3n) is 4.16. The molecule has 4 nitrogen and oxygen atoms in total. The average Bonchev–Trinajstić information content (AvgIpc) is 2.48. The maximum Gasteiger partial charge on any atom is 0.223 e. The molecule has 1 fully saturated rings. The standard InChI is InChI=1S/C17H26N2O2/c1-12(2)10-11-19-16(20)9-8-15(18)17(19)13-4-6-14(21-3)7-5-13/h4-7,12,15,17H,8-11,18H2,1-3H3. The number of nitrogens with zero attached hydrogens (tertiary/aromatic N) is 1. The van der Waals surface area contributed by atoms with Gasteiger partial charge in [-0.05, 0) is 36.5 Å². The van der Waals surface area contributed by atoms with Gasteiger partial charge < -0.3 is 15.4 Å². The van der Waals surface area contributed by atoms with E-state index < -0.39 is 0 Å². The van der Waals surface area contributed by atoms with Gasteiger partial charge in [-0.2, -0.15) is 0 Å². The van der Waals surface area contributed by atoms with E-state index in [9.17, 15) is 4.79 Å². The number of carbonyl (C=O) groups is 1. The summed E-state index contributed by atoms with van der Waals surface area (Å²) in [4.78, 5) is 14.3. The van der Waals surface area contributed by atoms with Gasteiger partial charge in [0.25, 0.3) is 0 Å². The minimum Gasteiger partial charge on any atom is -0.497 e. The van der Waals surface area contributed by atoms with E-state index >= 15 is 0 Å². The molecule has 4 heteroatoms. The molecule has 0 spiro atoms. The molecule has 1 aromatic carbocycles. The van der Waals surface area contributed by atoms with Gasteiger partial charge in [0, 0.05) is 19.0 Å². The molecule has 0 saturated carbocycles. The second-order valence-corrected chi connectivity index (χ2v) is 6.19. The molecule has 2 atom stereocenters. The fourth-order valence-electron chi connectivity index (χ4n) is 2.87. The molecule has 21 heavy (non-hydrogen) atoms. The number of likely N-dealkylation sites (tertiary alicyclic amines) is 1. The minimum atomic E-state index is -0.0177. The summed E-state index contributed by atoms with van der Waals surface area (Å²) in [7, 11) is 1.65. The summed E-state index contributed by atoms with van der Waals surface area (Å²) in [6, 6.07) is 7.89. The second-order valence-electron chi connectivity index (χ2n) is 6.19. The van der Waals surface area contributed by atoms with E-state index in [0.717, 1.165) is 30.7 Å². The fraction of sp³-hybridized carbons (Fsp3) is 0.588. The van der Waals surface area contributed by atoms with Gasteiger partial charge in [-0.1, -0.05) is 26.0 Å². The lowest BCUT2D eigenvalue weighted by Gasteiger charge is -2.40. The maximum absolute atomic E-state index is 12.3. The zero-order valence-corrected chi connectivity index (χ0v) is 13.2. The SMILES string of the molecule is COc1ccc(C2C(N)CCC(=O)N2CCC(C)C)cc1. The summed E-state index contributed by atoms with van der Waals surface area (Å²) < 4.78 is 5.20. The lowest BCUT2D eigenvalue weighted by Crippen LogP contribution is -2.49. The van der Waals surface area contributed by atoms with Gasteiger partial charge in [0.2, 0.25) is 5.91 Å². The topological polar surface area (TPSA) is 55.6 Å². The summed E-state index contributed by atoms with van der Waals surface area (Å²) >= 11 is 0. The van der Waals surface area contributed by atoms with E-state index in [-0.39, 0.29) is 18.0 Å². The van der Waals surface area contributed by atoms with Crippen LogP contribution in [0.1, 0.15) is 44.7 Å². The Kier molecular flexibility index (Phi) is 5.23. The van der Waals surface area contributed by atoms with Crippen LogP contribution in [0.15, 0.2) is 24.3 Å². The van der Waals surface area contributed by atoms with Gasteiger partial charge in [0.1, 0.15) is 5.75 Å². The maximum atomic E-state index is 12.3. The van der Waals surface area contributed by atoms with E-state index in [0.29, 0.717) is 12.3 Å². The Hall–Kier alpha value is -1.55. The van der Waals surface area contributed by atoms with Gasteiger partial charge >= 0.3 is 0 Å². The van der Waals surface area contributed by atoms with Gasteiger partial charge in [0.05, 0.1) is 13.2 Å². The Morgan fingerprint density at radius 3 is 2.57 bits per heavy atom. The Labute approximate surface area is 127 Å². The summed E-state index contributed by atoms with van der Waals surface area (Å²) in [6.07, 6.45) is 2.32. The molecule has 1 saturated heterocycles. The molecular weight excluding hydrogens is 264 g/mol. The Morgan fingerprint density at radius 1 is 1.33 bits per heavy atom. The molecule has 0 bridgehead atoms. The molecule has 2 rings (SSSR count). The molecule has 2 N–H and O–H groups in total. The van der Waals surface area contributed by atoms with Crippen LogP contribution >= 0.6 is 0 Å². The van der Waals surface area contributed by atoms with Crippen molar-refractivity contribution in [3.8, 4) is 5.75 Å². The van der Waals surface area contributed by atoms with Crippen molar-refractivity contribution in [2.75, 3.05) is 13.7 Å². The van der Waals surface area contributed by atoms with Crippen molar-refractivity contribution in [2.24, 2.45) is 11.7 Å². The number of methoxy groups -OCH3 is 1. The van der Waals surface area contributed by atoms with Gasteiger partial charge in [-0.3, -0.25) is 4.79 Å². The van der Waals surface area contributed by atoms with Crippen LogP contribution in [0.5, 0.6) is 5.75 Å². The van der Waals surface area contributed by atoms with Crippen molar-refractivity contribution in [1.82, 2.24) is 4.90 Å². The molecule has 2 unspecified atom stereocenters.